The van der Waals surface area contributed by atoms with E-state index in [0.717, 1.165) is 22.2 Å². The number of hydrogen-bond donors (Lipinski definition) is 1. The van der Waals surface area contributed by atoms with Gasteiger partial charge in [-0.25, -0.2) is 4.79 Å². The van der Waals surface area contributed by atoms with Gasteiger partial charge in [0.15, 0.2) is 6.10 Å². The highest BCUT2D eigenvalue weighted by molar-refractivity contribution is 9.10. The van der Waals surface area contributed by atoms with Crippen LogP contribution >= 0.6 is 15.9 Å². The summed E-state index contributed by atoms with van der Waals surface area (Å²) in [7, 11) is 0. The normalized spacial score (nSPS) is 13.0. The van der Waals surface area contributed by atoms with E-state index >= 15 is 0 Å². The number of allylic oxidation sites excluding steroid dienone is 1. The summed E-state index contributed by atoms with van der Waals surface area (Å²) in [5.41, 5.74) is 4.57. The highest BCUT2D eigenvalue weighted by atomic mass is 79.9. The van der Waals surface area contributed by atoms with Gasteiger partial charge in [0.05, 0.1) is 0 Å². The van der Waals surface area contributed by atoms with Crippen LogP contribution in [0.15, 0.2) is 58.6 Å². The minimum absolute atomic E-state index is 0.340. The zero-order valence-electron chi connectivity index (χ0n) is 16.6. The Morgan fingerprint density at radius 3 is 2.25 bits per heavy atom. The molecule has 1 atom stereocenters. The third kappa shape index (κ3) is 6.50. The summed E-state index contributed by atoms with van der Waals surface area (Å²) in [6.07, 6.45) is 0.431. The van der Waals surface area contributed by atoms with E-state index in [1.807, 2.05) is 36.4 Å². The van der Waals surface area contributed by atoms with Gasteiger partial charge < -0.3 is 14.6 Å². The van der Waals surface area contributed by atoms with E-state index in [2.05, 4.69) is 41.9 Å². The van der Waals surface area contributed by atoms with E-state index in [9.17, 15) is 9.90 Å². The van der Waals surface area contributed by atoms with E-state index in [1.54, 1.807) is 6.92 Å². The summed E-state index contributed by atoms with van der Waals surface area (Å²) in [6.45, 7) is 6.94. The summed E-state index contributed by atoms with van der Waals surface area (Å²) in [6, 6.07) is 15.8. The number of ether oxygens (including phenoxy) is 2. The predicted molar refractivity (Wildman–Crippen MR) is 116 cm³/mol. The highest BCUT2D eigenvalue weighted by Gasteiger charge is 2.17. The van der Waals surface area contributed by atoms with E-state index in [0.29, 0.717) is 19.6 Å². The summed E-state index contributed by atoms with van der Waals surface area (Å²) in [5.74, 6) is -0.176. The van der Waals surface area contributed by atoms with Crippen molar-refractivity contribution in [2.24, 2.45) is 0 Å². The summed E-state index contributed by atoms with van der Waals surface area (Å²) in [5, 5.41) is 9.20. The van der Waals surface area contributed by atoms with Crippen molar-refractivity contribution >= 4 is 27.5 Å². The Morgan fingerprint density at radius 1 is 1.07 bits per heavy atom. The molecule has 0 radical (unpaired) electrons. The lowest BCUT2D eigenvalue weighted by atomic mass is 10.0. The van der Waals surface area contributed by atoms with Crippen molar-refractivity contribution in [3.05, 3.63) is 69.7 Å². The second-order valence-electron chi connectivity index (χ2n) is 6.51. The first-order valence-electron chi connectivity index (χ1n) is 9.45. The van der Waals surface area contributed by atoms with Gasteiger partial charge in [0, 0.05) is 17.5 Å². The second kappa shape index (κ2) is 11.0. The summed E-state index contributed by atoms with van der Waals surface area (Å²) >= 11 is 3.47. The van der Waals surface area contributed by atoms with Crippen LogP contribution in [0.4, 0.5) is 0 Å². The smallest absolute Gasteiger partial charge is 0.333 e. The third-order valence-corrected chi connectivity index (χ3v) is 5.16. The standard InChI is InChI=1S/C23H27BrO4/c1-4-18(16(3)19-8-10-20(24)11-9-19)15-28-21-12-6-17(7-13-21)14-22(23(25)26)27-5-2/h6-13,22H,4-5,14-15H2,1-3H3,(H,25,26)/b18-16+. The number of carboxylic acid groups (broad SMARTS) is 1. The van der Waals surface area contributed by atoms with Crippen molar-refractivity contribution in [3.63, 3.8) is 0 Å². The van der Waals surface area contributed by atoms with E-state index in [4.69, 9.17) is 9.47 Å². The number of halogens is 1. The molecule has 1 N–H and O–H groups in total. The Morgan fingerprint density at radius 2 is 1.71 bits per heavy atom. The molecule has 1 unspecified atom stereocenters. The van der Waals surface area contributed by atoms with Gasteiger partial charge >= 0.3 is 5.97 Å². The fourth-order valence-corrected chi connectivity index (χ4v) is 3.17. The first-order chi connectivity index (χ1) is 13.4. The molecule has 0 bridgehead atoms. The molecular formula is C23H27BrO4. The van der Waals surface area contributed by atoms with E-state index < -0.39 is 12.1 Å². The second-order valence-corrected chi connectivity index (χ2v) is 7.42. The van der Waals surface area contributed by atoms with Crippen LogP contribution in [-0.2, 0) is 16.0 Å². The van der Waals surface area contributed by atoms with Gasteiger partial charge in [0.1, 0.15) is 12.4 Å². The fourth-order valence-electron chi connectivity index (χ4n) is 2.90. The first kappa shape index (κ1) is 22.2. The van der Waals surface area contributed by atoms with E-state index in [1.165, 1.54) is 16.7 Å². The molecule has 0 spiro atoms. The van der Waals surface area contributed by atoms with Crippen LogP contribution in [0, 0.1) is 0 Å². The molecule has 2 aromatic carbocycles. The van der Waals surface area contributed by atoms with Crippen LogP contribution in [0.2, 0.25) is 0 Å². The van der Waals surface area contributed by atoms with Crippen molar-refractivity contribution in [2.45, 2.75) is 39.7 Å². The van der Waals surface area contributed by atoms with Gasteiger partial charge in [0.2, 0.25) is 0 Å². The van der Waals surface area contributed by atoms with Gasteiger partial charge in [0.25, 0.3) is 0 Å². The average molecular weight is 447 g/mol. The quantitative estimate of drug-likeness (QED) is 0.505. The molecule has 4 nitrogen and oxygen atoms in total. The Kier molecular flexibility index (Phi) is 8.74. The van der Waals surface area contributed by atoms with Crippen molar-refractivity contribution in [2.75, 3.05) is 13.2 Å². The van der Waals surface area contributed by atoms with Gasteiger partial charge in [-0.3, -0.25) is 0 Å². The molecular weight excluding hydrogens is 420 g/mol. The number of rotatable bonds is 10. The average Bonchev–Trinajstić information content (AvgIpc) is 2.69. The summed E-state index contributed by atoms with van der Waals surface area (Å²) < 4.78 is 12.3. The molecule has 0 fully saturated rings. The third-order valence-electron chi connectivity index (χ3n) is 4.64. The van der Waals surface area contributed by atoms with Crippen molar-refractivity contribution in [1.29, 1.82) is 0 Å². The zero-order valence-corrected chi connectivity index (χ0v) is 18.2. The molecule has 0 amide bonds. The SMILES string of the molecule is CCOC(Cc1ccc(OC/C(CC)=C(\C)c2ccc(Br)cc2)cc1)C(=O)O. The molecule has 150 valence electrons. The maximum atomic E-state index is 11.2. The highest BCUT2D eigenvalue weighted by Crippen LogP contribution is 2.23. The number of benzene rings is 2. The Bertz CT molecular complexity index is 794. The Hall–Kier alpha value is -2.11. The van der Waals surface area contributed by atoms with Crippen LogP contribution in [0.1, 0.15) is 38.3 Å². The Balaban J connectivity index is 2.02. The molecule has 0 aliphatic carbocycles. The van der Waals surface area contributed by atoms with Gasteiger partial charge in [-0.05, 0) is 66.8 Å². The monoisotopic (exact) mass is 446 g/mol. The predicted octanol–water partition coefficient (Wildman–Crippen LogP) is 5.74. The molecule has 2 rings (SSSR count). The molecule has 0 heterocycles. The molecule has 2 aromatic rings. The van der Waals surface area contributed by atoms with Gasteiger partial charge in [-0.15, -0.1) is 0 Å². The largest absolute Gasteiger partial charge is 0.489 e. The zero-order chi connectivity index (χ0) is 20.5. The fraction of sp³-hybridized carbons (Fsp3) is 0.348. The number of carbonyl (C=O) groups is 1. The minimum Gasteiger partial charge on any atom is -0.489 e. The lowest BCUT2D eigenvalue weighted by molar-refractivity contribution is -0.149. The lowest BCUT2D eigenvalue weighted by Gasteiger charge is -2.14. The molecule has 0 saturated heterocycles. The number of hydrogen-bond acceptors (Lipinski definition) is 3. The molecule has 5 heteroatoms. The van der Waals surface area contributed by atoms with Crippen LogP contribution in [-0.4, -0.2) is 30.4 Å². The van der Waals surface area contributed by atoms with Crippen molar-refractivity contribution in [1.82, 2.24) is 0 Å². The number of aliphatic carboxylic acids is 1. The Labute approximate surface area is 175 Å². The first-order valence-corrected chi connectivity index (χ1v) is 10.2. The summed E-state index contributed by atoms with van der Waals surface area (Å²) in [4.78, 5) is 11.2. The van der Waals surface area contributed by atoms with E-state index in [-0.39, 0.29) is 0 Å². The maximum absolute atomic E-state index is 11.2. The molecule has 0 saturated carbocycles. The van der Waals surface area contributed by atoms with Crippen molar-refractivity contribution in [3.8, 4) is 5.75 Å². The number of carboxylic acids is 1. The van der Waals surface area contributed by atoms with Crippen molar-refractivity contribution < 1.29 is 19.4 Å². The van der Waals surface area contributed by atoms with Crippen LogP contribution in [0.3, 0.4) is 0 Å². The molecule has 0 aliphatic rings. The lowest BCUT2D eigenvalue weighted by Crippen LogP contribution is -2.26. The maximum Gasteiger partial charge on any atom is 0.333 e. The van der Waals surface area contributed by atoms with Crippen LogP contribution in [0.5, 0.6) is 5.75 Å². The van der Waals surface area contributed by atoms with Crippen LogP contribution < -0.4 is 4.74 Å². The molecule has 0 aromatic heterocycles. The minimum atomic E-state index is -0.941. The van der Waals surface area contributed by atoms with Gasteiger partial charge in [-0.1, -0.05) is 47.1 Å². The van der Waals surface area contributed by atoms with Gasteiger partial charge in [-0.2, -0.15) is 0 Å². The van der Waals surface area contributed by atoms with Crippen LogP contribution in [0.25, 0.3) is 5.57 Å². The topological polar surface area (TPSA) is 55.8 Å². The molecule has 28 heavy (non-hydrogen) atoms. The molecule has 0 aliphatic heterocycles.